The molecule has 0 radical (unpaired) electrons. The lowest BCUT2D eigenvalue weighted by atomic mass is 10.0. The summed E-state index contributed by atoms with van der Waals surface area (Å²) in [6, 6.07) is 6.81. The molecule has 2 aromatic rings. The largest absolute Gasteiger partial charge is 0.423 e. The number of hydrogen-bond acceptors (Lipinski definition) is 6. The number of nitrogens with one attached hydrogen (secondary N) is 1. The van der Waals surface area contributed by atoms with Crippen molar-refractivity contribution in [2.24, 2.45) is 0 Å². The first kappa shape index (κ1) is 13.7. The molecule has 2 heterocycles. The third-order valence-corrected chi connectivity index (χ3v) is 3.41. The van der Waals surface area contributed by atoms with E-state index in [1.54, 1.807) is 24.3 Å². The molecule has 2 N–H and O–H groups in total. The zero-order chi connectivity index (χ0) is 14.7. The van der Waals surface area contributed by atoms with E-state index in [9.17, 15) is 9.90 Å². The zero-order valence-corrected chi connectivity index (χ0v) is 11.3. The fourth-order valence-electron chi connectivity index (χ4n) is 2.15. The third-order valence-electron chi connectivity index (χ3n) is 3.41. The summed E-state index contributed by atoms with van der Waals surface area (Å²) in [5, 5.41) is 20.2. The van der Waals surface area contributed by atoms with E-state index in [1.165, 1.54) is 6.39 Å². The lowest BCUT2D eigenvalue weighted by Crippen LogP contribution is -2.43. The van der Waals surface area contributed by atoms with Gasteiger partial charge in [-0.3, -0.25) is 4.79 Å². The minimum absolute atomic E-state index is 0.178. The maximum atomic E-state index is 12.0. The van der Waals surface area contributed by atoms with Crippen LogP contribution in [0.3, 0.4) is 0 Å². The molecule has 3 rings (SSSR count). The van der Waals surface area contributed by atoms with Crippen LogP contribution in [0, 0.1) is 0 Å². The fraction of sp³-hybridized carbons (Fsp3) is 0.357. The Labute approximate surface area is 120 Å². The number of carbonyl (C=O) groups is 1. The second kappa shape index (κ2) is 5.63. The standard InChI is InChI=1S/C14H15N3O4/c18-12(15-7-14(19)5-6-20-8-14)10-1-3-11(4-2-10)13-17-16-9-21-13/h1-4,9,19H,5-8H2,(H,15,18). The first-order valence-corrected chi connectivity index (χ1v) is 6.61. The van der Waals surface area contributed by atoms with Crippen LogP contribution in [0.25, 0.3) is 11.5 Å². The summed E-state index contributed by atoms with van der Waals surface area (Å²) in [7, 11) is 0. The van der Waals surface area contributed by atoms with Crippen molar-refractivity contribution in [3.63, 3.8) is 0 Å². The van der Waals surface area contributed by atoms with Crippen LogP contribution in [0.1, 0.15) is 16.8 Å². The van der Waals surface area contributed by atoms with Gasteiger partial charge in [0.05, 0.1) is 6.61 Å². The average Bonchev–Trinajstić information content (AvgIpc) is 3.17. The Kier molecular flexibility index (Phi) is 3.68. The average molecular weight is 289 g/mol. The van der Waals surface area contributed by atoms with Crippen molar-refractivity contribution in [3.05, 3.63) is 36.2 Å². The summed E-state index contributed by atoms with van der Waals surface area (Å²) < 4.78 is 10.2. The van der Waals surface area contributed by atoms with Gasteiger partial charge in [0.25, 0.3) is 5.91 Å². The molecular formula is C14H15N3O4. The molecule has 1 aliphatic heterocycles. The highest BCUT2D eigenvalue weighted by atomic mass is 16.5. The molecule has 1 aromatic heterocycles. The summed E-state index contributed by atoms with van der Waals surface area (Å²) in [6.07, 6.45) is 1.78. The van der Waals surface area contributed by atoms with Gasteiger partial charge in [-0.15, -0.1) is 10.2 Å². The van der Waals surface area contributed by atoms with Crippen molar-refractivity contribution in [1.29, 1.82) is 0 Å². The Balaban J connectivity index is 1.62. The molecule has 1 unspecified atom stereocenters. The minimum Gasteiger partial charge on any atom is -0.423 e. The van der Waals surface area contributed by atoms with Gasteiger partial charge in [0.15, 0.2) is 0 Å². The second-order valence-corrected chi connectivity index (χ2v) is 5.03. The van der Waals surface area contributed by atoms with Crippen LogP contribution in [0.2, 0.25) is 0 Å². The second-order valence-electron chi connectivity index (χ2n) is 5.03. The van der Waals surface area contributed by atoms with Crippen LogP contribution >= 0.6 is 0 Å². The number of hydrogen-bond donors (Lipinski definition) is 2. The van der Waals surface area contributed by atoms with Crippen molar-refractivity contribution in [2.75, 3.05) is 19.8 Å². The quantitative estimate of drug-likeness (QED) is 0.856. The molecule has 1 saturated heterocycles. The number of amides is 1. The molecule has 110 valence electrons. The van der Waals surface area contributed by atoms with E-state index in [0.29, 0.717) is 24.5 Å². The van der Waals surface area contributed by atoms with E-state index in [0.717, 1.165) is 5.56 Å². The predicted octanol–water partition coefficient (Wildman–Crippen LogP) is 0.618. The summed E-state index contributed by atoms with van der Waals surface area (Å²) >= 11 is 0. The molecule has 1 aromatic carbocycles. The van der Waals surface area contributed by atoms with Gasteiger partial charge < -0.3 is 19.6 Å². The van der Waals surface area contributed by atoms with Gasteiger partial charge in [0.1, 0.15) is 5.60 Å². The van der Waals surface area contributed by atoms with E-state index in [4.69, 9.17) is 9.15 Å². The Hall–Kier alpha value is -2.25. The first-order chi connectivity index (χ1) is 10.2. The highest BCUT2D eigenvalue weighted by Crippen LogP contribution is 2.18. The molecule has 1 fully saturated rings. The normalized spacial score (nSPS) is 21.4. The smallest absolute Gasteiger partial charge is 0.251 e. The van der Waals surface area contributed by atoms with Gasteiger partial charge in [-0.25, -0.2) is 0 Å². The first-order valence-electron chi connectivity index (χ1n) is 6.61. The topological polar surface area (TPSA) is 97.5 Å². The maximum absolute atomic E-state index is 12.0. The lowest BCUT2D eigenvalue weighted by molar-refractivity contribution is 0.0264. The molecule has 0 saturated carbocycles. The van der Waals surface area contributed by atoms with Crippen molar-refractivity contribution in [2.45, 2.75) is 12.0 Å². The number of ether oxygens (including phenoxy) is 1. The summed E-state index contributed by atoms with van der Waals surface area (Å²) in [6.45, 7) is 0.950. The molecule has 21 heavy (non-hydrogen) atoms. The van der Waals surface area contributed by atoms with E-state index < -0.39 is 5.60 Å². The molecule has 0 aliphatic carbocycles. The molecule has 0 spiro atoms. The Morgan fingerprint density at radius 3 is 2.81 bits per heavy atom. The van der Waals surface area contributed by atoms with E-state index in [-0.39, 0.29) is 19.1 Å². The van der Waals surface area contributed by atoms with Gasteiger partial charge in [-0.05, 0) is 24.3 Å². The molecule has 7 heteroatoms. The highest BCUT2D eigenvalue weighted by molar-refractivity contribution is 5.94. The van der Waals surface area contributed by atoms with Crippen molar-refractivity contribution in [3.8, 4) is 11.5 Å². The minimum atomic E-state index is -0.959. The lowest BCUT2D eigenvalue weighted by Gasteiger charge is -2.20. The van der Waals surface area contributed by atoms with Crippen molar-refractivity contribution >= 4 is 5.91 Å². The van der Waals surface area contributed by atoms with Gasteiger partial charge in [0.2, 0.25) is 12.3 Å². The monoisotopic (exact) mass is 289 g/mol. The number of aliphatic hydroxyl groups is 1. The molecule has 1 atom stereocenters. The van der Waals surface area contributed by atoms with Gasteiger partial charge in [-0.1, -0.05) is 0 Å². The van der Waals surface area contributed by atoms with Crippen LogP contribution in [-0.2, 0) is 4.74 Å². The number of aromatic nitrogens is 2. The Bertz CT molecular complexity index is 604. The van der Waals surface area contributed by atoms with E-state index >= 15 is 0 Å². The van der Waals surface area contributed by atoms with Crippen LogP contribution in [0.4, 0.5) is 0 Å². The van der Waals surface area contributed by atoms with E-state index in [1.807, 2.05) is 0 Å². The summed E-state index contributed by atoms with van der Waals surface area (Å²) in [5.41, 5.74) is 0.284. The number of benzene rings is 1. The maximum Gasteiger partial charge on any atom is 0.251 e. The van der Waals surface area contributed by atoms with Crippen LogP contribution in [-0.4, -0.2) is 46.6 Å². The highest BCUT2D eigenvalue weighted by Gasteiger charge is 2.32. The molecular weight excluding hydrogens is 274 g/mol. The van der Waals surface area contributed by atoms with Gasteiger partial charge >= 0.3 is 0 Å². The van der Waals surface area contributed by atoms with E-state index in [2.05, 4.69) is 15.5 Å². The van der Waals surface area contributed by atoms with Crippen molar-refractivity contribution in [1.82, 2.24) is 15.5 Å². The number of rotatable bonds is 4. The number of nitrogens with zero attached hydrogens (tertiary/aromatic N) is 2. The van der Waals surface area contributed by atoms with Crippen LogP contribution in [0.5, 0.6) is 0 Å². The number of carbonyl (C=O) groups excluding carboxylic acids is 1. The predicted molar refractivity (Wildman–Crippen MR) is 72.5 cm³/mol. The zero-order valence-electron chi connectivity index (χ0n) is 11.3. The van der Waals surface area contributed by atoms with Crippen molar-refractivity contribution < 1.29 is 19.1 Å². The van der Waals surface area contributed by atoms with Crippen LogP contribution in [0.15, 0.2) is 35.1 Å². The van der Waals surface area contributed by atoms with Gasteiger partial charge in [0, 0.05) is 30.7 Å². The fourth-order valence-corrected chi connectivity index (χ4v) is 2.15. The molecule has 7 nitrogen and oxygen atoms in total. The van der Waals surface area contributed by atoms with Crippen LogP contribution < -0.4 is 5.32 Å². The van der Waals surface area contributed by atoms with Gasteiger partial charge in [-0.2, -0.15) is 0 Å². The Morgan fingerprint density at radius 1 is 1.38 bits per heavy atom. The summed E-state index contributed by atoms with van der Waals surface area (Å²) in [4.78, 5) is 12.0. The molecule has 1 amide bonds. The molecule has 0 bridgehead atoms. The molecule has 1 aliphatic rings. The SMILES string of the molecule is O=C(NCC1(O)CCOC1)c1ccc(-c2nnco2)cc1. The Morgan fingerprint density at radius 2 is 2.19 bits per heavy atom. The third kappa shape index (κ3) is 3.09. The summed E-state index contributed by atoms with van der Waals surface area (Å²) in [5.74, 6) is 0.159.